The molecule has 1 aromatic heterocycles. The summed E-state index contributed by atoms with van der Waals surface area (Å²) in [5.74, 6) is 2.16. The van der Waals surface area contributed by atoms with Crippen LogP contribution in [0, 0.1) is 0 Å². The van der Waals surface area contributed by atoms with Gasteiger partial charge in [-0.05, 0) is 38.8 Å². The number of nitrogens with zero attached hydrogens (tertiary/aromatic N) is 3. The maximum Gasteiger partial charge on any atom is 0.191 e. The van der Waals surface area contributed by atoms with Gasteiger partial charge in [-0.1, -0.05) is 25.4 Å². The lowest BCUT2D eigenvalue weighted by Gasteiger charge is -2.26. The number of hydrogen-bond acceptors (Lipinski definition) is 4. The summed E-state index contributed by atoms with van der Waals surface area (Å²) in [5.41, 5.74) is 1.06. The monoisotopic (exact) mass is 335 g/mol. The van der Waals surface area contributed by atoms with Crippen molar-refractivity contribution >= 4 is 5.96 Å². The first-order chi connectivity index (χ1) is 11.8. The molecule has 136 valence electrons. The van der Waals surface area contributed by atoms with Crippen LogP contribution in [0.1, 0.15) is 63.3 Å². The van der Waals surface area contributed by atoms with Crippen molar-refractivity contribution in [3.63, 3.8) is 0 Å². The van der Waals surface area contributed by atoms with Crippen molar-refractivity contribution in [2.75, 3.05) is 33.2 Å². The van der Waals surface area contributed by atoms with Gasteiger partial charge in [-0.3, -0.25) is 4.99 Å². The summed E-state index contributed by atoms with van der Waals surface area (Å²) in [4.78, 5) is 6.79. The van der Waals surface area contributed by atoms with Gasteiger partial charge < -0.3 is 20.1 Å². The molecular formula is C18H33N5O. The Hall–Kier alpha value is -1.56. The van der Waals surface area contributed by atoms with Crippen LogP contribution in [-0.2, 0) is 6.54 Å². The van der Waals surface area contributed by atoms with E-state index in [1.54, 1.807) is 7.05 Å². The molecule has 1 fully saturated rings. The predicted octanol–water partition coefficient (Wildman–Crippen LogP) is 2.73. The van der Waals surface area contributed by atoms with Crippen LogP contribution >= 0.6 is 0 Å². The van der Waals surface area contributed by atoms with Gasteiger partial charge in [-0.25, -0.2) is 0 Å². The zero-order valence-electron chi connectivity index (χ0n) is 15.5. The molecule has 0 aliphatic carbocycles. The third-order valence-electron chi connectivity index (χ3n) is 4.80. The number of nitrogens with one attached hydrogen (secondary N) is 2. The van der Waals surface area contributed by atoms with E-state index in [1.165, 1.54) is 32.4 Å². The van der Waals surface area contributed by atoms with Crippen LogP contribution in [0.25, 0.3) is 0 Å². The third-order valence-corrected chi connectivity index (χ3v) is 4.80. The van der Waals surface area contributed by atoms with Gasteiger partial charge in [0.25, 0.3) is 0 Å². The normalized spacial score (nSPS) is 16.6. The van der Waals surface area contributed by atoms with E-state index >= 15 is 0 Å². The first kappa shape index (κ1) is 18.8. The Morgan fingerprint density at radius 2 is 2.00 bits per heavy atom. The van der Waals surface area contributed by atoms with E-state index in [2.05, 4.69) is 45.6 Å². The number of likely N-dealkylation sites (tertiary alicyclic amines) is 1. The van der Waals surface area contributed by atoms with Gasteiger partial charge in [0.2, 0.25) is 0 Å². The fraction of sp³-hybridized carbons (Fsp3) is 0.778. The largest absolute Gasteiger partial charge is 0.359 e. The minimum absolute atomic E-state index is 0.490. The number of piperidine rings is 1. The fourth-order valence-corrected chi connectivity index (χ4v) is 3.22. The maximum atomic E-state index is 5.44. The van der Waals surface area contributed by atoms with Gasteiger partial charge in [0.1, 0.15) is 0 Å². The van der Waals surface area contributed by atoms with E-state index < -0.39 is 0 Å². The van der Waals surface area contributed by atoms with Crippen LogP contribution in [0.5, 0.6) is 0 Å². The van der Waals surface area contributed by atoms with Crippen LogP contribution in [-0.4, -0.2) is 49.2 Å². The summed E-state index contributed by atoms with van der Waals surface area (Å²) >= 11 is 0. The SMILES string of the molecule is CCC(CC)c1cc(CNC(=NC)NCCN2CCCCC2)on1. The number of hydrogen-bond donors (Lipinski definition) is 2. The Labute approximate surface area is 146 Å². The highest BCUT2D eigenvalue weighted by atomic mass is 16.5. The molecule has 6 heteroatoms. The van der Waals surface area contributed by atoms with Crippen LogP contribution in [0.2, 0.25) is 0 Å². The van der Waals surface area contributed by atoms with E-state index in [0.29, 0.717) is 12.5 Å². The van der Waals surface area contributed by atoms with Crippen LogP contribution < -0.4 is 10.6 Å². The Kier molecular flexibility index (Phi) is 8.08. The number of rotatable bonds is 8. The van der Waals surface area contributed by atoms with E-state index in [1.807, 2.05) is 0 Å². The molecule has 1 aromatic rings. The molecule has 0 bridgehead atoms. The lowest BCUT2D eigenvalue weighted by atomic mass is 9.99. The molecule has 0 spiro atoms. The van der Waals surface area contributed by atoms with E-state index in [0.717, 1.165) is 43.3 Å². The third kappa shape index (κ3) is 5.82. The molecule has 0 saturated carbocycles. The standard InChI is InChI=1S/C18H33N5O/c1-4-15(5-2)17-13-16(24-22-17)14-21-18(19-3)20-9-12-23-10-7-6-8-11-23/h13,15H,4-12,14H2,1-3H3,(H2,19,20,21). The smallest absolute Gasteiger partial charge is 0.191 e. The van der Waals surface area contributed by atoms with Crippen LogP contribution in [0.4, 0.5) is 0 Å². The molecule has 1 aliphatic heterocycles. The number of guanidine groups is 1. The summed E-state index contributed by atoms with van der Waals surface area (Å²) in [7, 11) is 1.80. The Morgan fingerprint density at radius 3 is 2.67 bits per heavy atom. The van der Waals surface area contributed by atoms with Gasteiger partial charge in [0, 0.05) is 32.1 Å². The average Bonchev–Trinajstić information content (AvgIpc) is 3.08. The molecule has 0 amide bonds. The van der Waals surface area contributed by atoms with Crippen molar-refractivity contribution in [1.29, 1.82) is 0 Å². The molecule has 2 N–H and O–H groups in total. The van der Waals surface area contributed by atoms with Gasteiger partial charge in [0.15, 0.2) is 11.7 Å². The highest BCUT2D eigenvalue weighted by molar-refractivity contribution is 5.79. The van der Waals surface area contributed by atoms with Gasteiger partial charge in [-0.15, -0.1) is 0 Å². The van der Waals surface area contributed by atoms with Crippen molar-refractivity contribution in [3.05, 3.63) is 17.5 Å². The molecule has 0 aromatic carbocycles. The van der Waals surface area contributed by atoms with E-state index in [-0.39, 0.29) is 0 Å². The molecular weight excluding hydrogens is 302 g/mol. The lowest BCUT2D eigenvalue weighted by Crippen LogP contribution is -2.42. The van der Waals surface area contributed by atoms with Crippen molar-refractivity contribution in [1.82, 2.24) is 20.7 Å². The fourth-order valence-electron chi connectivity index (χ4n) is 3.22. The molecule has 1 saturated heterocycles. The Morgan fingerprint density at radius 1 is 1.25 bits per heavy atom. The second kappa shape index (κ2) is 10.3. The predicted molar refractivity (Wildman–Crippen MR) is 98.3 cm³/mol. The molecule has 24 heavy (non-hydrogen) atoms. The first-order valence-electron chi connectivity index (χ1n) is 9.39. The molecule has 2 heterocycles. The topological polar surface area (TPSA) is 65.7 Å². The minimum Gasteiger partial charge on any atom is -0.359 e. The lowest BCUT2D eigenvalue weighted by molar-refractivity contribution is 0.232. The molecule has 2 rings (SSSR count). The molecule has 6 nitrogen and oxygen atoms in total. The Balaban J connectivity index is 1.71. The van der Waals surface area contributed by atoms with Gasteiger partial charge >= 0.3 is 0 Å². The highest BCUT2D eigenvalue weighted by Crippen LogP contribution is 2.22. The maximum absolute atomic E-state index is 5.44. The summed E-state index contributed by atoms with van der Waals surface area (Å²) in [6.45, 7) is 9.42. The van der Waals surface area contributed by atoms with Crippen molar-refractivity contribution in [2.24, 2.45) is 4.99 Å². The van der Waals surface area contributed by atoms with Crippen LogP contribution in [0.15, 0.2) is 15.6 Å². The van der Waals surface area contributed by atoms with Crippen molar-refractivity contribution in [2.45, 2.75) is 58.4 Å². The zero-order valence-corrected chi connectivity index (χ0v) is 15.5. The minimum atomic E-state index is 0.490. The summed E-state index contributed by atoms with van der Waals surface area (Å²) in [5, 5.41) is 10.9. The molecule has 0 unspecified atom stereocenters. The quantitative estimate of drug-likeness (QED) is 0.565. The zero-order chi connectivity index (χ0) is 17.2. The molecule has 1 aliphatic rings. The molecule has 0 radical (unpaired) electrons. The van der Waals surface area contributed by atoms with Gasteiger partial charge in [0.05, 0.1) is 12.2 Å². The second-order valence-corrected chi connectivity index (χ2v) is 6.49. The van der Waals surface area contributed by atoms with Crippen LogP contribution in [0.3, 0.4) is 0 Å². The molecule has 0 atom stereocenters. The summed E-state index contributed by atoms with van der Waals surface area (Å²) < 4.78 is 5.44. The Bertz CT molecular complexity index is 489. The first-order valence-corrected chi connectivity index (χ1v) is 9.39. The number of aromatic nitrogens is 1. The highest BCUT2D eigenvalue weighted by Gasteiger charge is 2.13. The van der Waals surface area contributed by atoms with Crippen molar-refractivity contribution < 1.29 is 4.52 Å². The average molecular weight is 335 g/mol. The number of aliphatic imine (C=N–C) groups is 1. The van der Waals surface area contributed by atoms with Gasteiger partial charge in [-0.2, -0.15) is 0 Å². The van der Waals surface area contributed by atoms with E-state index in [9.17, 15) is 0 Å². The van der Waals surface area contributed by atoms with E-state index in [4.69, 9.17) is 4.52 Å². The summed E-state index contributed by atoms with van der Waals surface area (Å²) in [6.07, 6.45) is 6.23. The second-order valence-electron chi connectivity index (χ2n) is 6.49. The van der Waals surface area contributed by atoms with Crippen molar-refractivity contribution in [3.8, 4) is 0 Å². The summed E-state index contributed by atoms with van der Waals surface area (Å²) in [6, 6.07) is 2.06.